The third-order valence-corrected chi connectivity index (χ3v) is 0.810. The van der Waals surface area contributed by atoms with E-state index in [1.54, 1.807) is 0 Å². The van der Waals surface area contributed by atoms with Crippen molar-refractivity contribution in [1.82, 2.24) is 0 Å². The summed E-state index contributed by atoms with van der Waals surface area (Å²) in [5, 5.41) is 8.63. The van der Waals surface area contributed by atoms with Gasteiger partial charge in [0.25, 0.3) is 5.09 Å². The Labute approximate surface area is 67.1 Å². The predicted octanol–water partition coefficient (Wildman–Crippen LogP) is 0.960. The van der Waals surface area contributed by atoms with Crippen molar-refractivity contribution in [3.05, 3.63) is 10.1 Å². The van der Waals surface area contributed by atoms with Crippen LogP contribution in [0.2, 0.25) is 0 Å². The Morgan fingerprint density at radius 3 is 2.64 bits per heavy atom. The fourth-order valence-electron chi connectivity index (χ4n) is 0.350. The summed E-state index contributed by atoms with van der Waals surface area (Å²) in [6.45, 7) is -0.0760. The average Bonchev–Trinajstić information content (AvgIpc) is 1.85. The minimum absolute atomic E-state index is 0.0240. The summed E-state index contributed by atoms with van der Waals surface area (Å²) < 4.78 is 4.25. The highest BCUT2D eigenvalue weighted by Gasteiger charge is 1.96. The van der Waals surface area contributed by atoms with Gasteiger partial charge in [-0.25, -0.2) is 4.79 Å². The van der Waals surface area contributed by atoms with Crippen LogP contribution in [0.4, 0.5) is 4.79 Å². The van der Waals surface area contributed by atoms with Crippen LogP contribution >= 0.6 is 11.6 Å². The van der Waals surface area contributed by atoms with Gasteiger partial charge in [0, 0.05) is 18.0 Å². The quantitative estimate of drug-likeness (QED) is 0.275. The Balaban J connectivity index is 3.03. The van der Waals surface area contributed by atoms with Crippen LogP contribution in [0.15, 0.2) is 0 Å². The molecule has 11 heavy (non-hydrogen) atoms. The summed E-state index contributed by atoms with van der Waals surface area (Å²) >= 11 is 4.78. The van der Waals surface area contributed by atoms with E-state index < -0.39 is 10.5 Å². The number of carbonyl (C=O) groups excluding carboxylic acids is 1. The number of hydrogen-bond acceptors (Lipinski definition) is 5. The van der Waals surface area contributed by atoms with Crippen LogP contribution in [0.3, 0.4) is 0 Å². The van der Waals surface area contributed by atoms with E-state index in [1.807, 2.05) is 0 Å². The zero-order valence-corrected chi connectivity index (χ0v) is 6.24. The van der Waals surface area contributed by atoms with Crippen LogP contribution in [0.25, 0.3) is 0 Å². The lowest BCUT2D eigenvalue weighted by Gasteiger charge is -1.98. The van der Waals surface area contributed by atoms with Gasteiger partial charge in [-0.1, -0.05) is 0 Å². The molecule has 0 unspecified atom stereocenters. The van der Waals surface area contributed by atoms with Crippen molar-refractivity contribution in [3.63, 3.8) is 0 Å². The normalized spacial score (nSPS) is 8.82. The Morgan fingerprint density at radius 1 is 1.55 bits per heavy atom. The molecule has 0 N–H and O–H groups in total. The maximum atomic E-state index is 9.91. The van der Waals surface area contributed by atoms with Crippen molar-refractivity contribution in [2.75, 3.05) is 13.2 Å². The molecule has 7 heteroatoms. The van der Waals surface area contributed by atoms with E-state index in [1.165, 1.54) is 0 Å². The van der Waals surface area contributed by atoms with Gasteiger partial charge in [0.1, 0.15) is 0 Å². The second-order valence-electron chi connectivity index (χ2n) is 1.50. The molecule has 0 aliphatic rings. The maximum Gasteiger partial charge on any atom is 0.403 e. The Bertz CT molecular complexity index is 133. The Hall–Kier alpha value is -1.04. The molecule has 0 aliphatic carbocycles. The van der Waals surface area contributed by atoms with Gasteiger partial charge < -0.3 is 9.57 Å². The lowest BCUT2D eigenvalue weighted by atomic mass is 10.5. The van der Waals surface area contributed by atoms with Gasteiger partial charge in [0.05, 0.1) is 13.2 Å². The predicted molar refractivity (Wildman–Crippen MR) is 34.8 cm³/mol. The highest BCUT2D eigenvalue weighted by atomic mass is 35.5. The van der Waals surface area contributed by atoms with E-state index >= 15 is 0 Å². The van der Waals surface area contributed by atoms with E-state index in [0.29, 0.717) is 0 Å². The number of hydrogen-bond donors (Lipinski definition) is 0. The number of nitrogens with zero attached hydrogens (tertiary/aromatic N) is 1. The van der Waals surface area contributed by atoms with Crippen molar-refractivity contribution in [3.8, 4) is 0 Å². The molecule has 0 bridgehead atoms. The molecule has 0 spiro atoms. The fourth-order valence-corrected chi connectivity index (χ4v) is 0.428. The minimum Gasteiger partial charge on any atom is -0.454 e. The molecule has 64 valence electrons. The average molecular weight is 184 g/mol. The number of carbonyl (C=O) groups is 1. The van der Waals surface area contributed by atoms with Crippen LogP contribution in [-0.2, 0) is 9.57 Å². The summed E-state index contributed by atoms with van der Waals surface area (Å²) in [6, 6.07) is 0. The SMILES string of the molecule is O=C(Cl)OCCCO[N+](=O)[O-]. The van der Waals surface area contributed by atoms with Gasteiger partial charge in [-0.3, -0.25) is 0 Å². The van der Waals surface area contributed by atoms with Crippen molar-refractivity contribution in [2.24, 2.45) is 0 Å². The summed E-state index contributed by atoms with van der Waals surface area (Å²) in [7, 11) is 0. The first kappa shape index (κ1) is 9.96. The van der Waals surface area contributed by atoms with Gasteiger partial charge in [0.2, 0.25) is 0 Å². The molecule has 6 nitrogen and oxygen atoms in total. The largest absolute Gasteiger partial charge is 0.454 e. The summed E-state index contributed by atoms with van der Waals surface area (Å²) in [4.78, 5) is 23.4. The molecular weight excluding hydrogens is 177 g/mol. The number of ether oxygens (including phenoxy) is 1. The second kappa shape index (κ2) is 5.72. The molecule has 0 saturated heterocycles. The zero-order chi connectivity index (χ0) is 8.69. The molecule has 0 heterocycles. The van der Waals surface area contributed by atoms with E-state index in [2.05, 4.69) is 9.57 Å². The van der Waals surface area contributed by atoms with Crippen LogP contribution in [0.1, 0.15) is 6.42 Å². The van der Waals surface area contributed by atoms with Crippen LogP contribution in [0, 0.1) is 10.1 Å². The molecule has 0 aliphatic heterocycles. The Kier molecular flexibility index (Phi) is 5.18. The summed E-state index contributed by atoms with van der Waals surface area (Å²) in [6.07, 6.45) is 0.249. The van der Waals surface area contributed by atoms with Crippen LogP contribution in [-0.4, -0.2) is 23.7 Å². The van der Waals surface area contributed by atoms with E-state index in [0.717, 1.165) is 0 Å². The highest BCUT2D eigenvalue weighted by molar-refractivity contribution is 6.61. The molecule has 0 saturated carbocycles. The Morgan fingerprint density at radius 2 is 2.18 bits per heavy atom. The first-order valence-electron chi connectivity index (χ1n) is 2.72. The monoisotopic (exact) mass is 183 g/mol. The number of rotatable bonds is 5. The van der Waals surface area contributed by atoms with Gasteiger partial charge in [0.15, 0.2) is 0 Å². The topological polar surface area (TPSA) is 78.7 Å². The molecule has 0 aromatic rings. The van der Waals surface area contributed by atoms with Crippen LogP contribution < -0.4 is 0 Å². The van der Waals surface area contributed by atoms with Crippen molar-refractivity contribution >= 4 is 17.0 Å². The maximum absolute atomic E-state index is 9.91. The molecule has 0 radical (unpaired) electrons. The first-order valence-corrected chi connectivity index (χ1v) is 3.10. The standard InChI is InChI=1S/C4H6ClNO5/c5-4(7)10-2-1-3-11-6(8)9/h1-3H2. The van der Waals surface area contributed by atoms with Gasteiger partial charge in [-0.15, -0.1) is 10.1 Å². The highest BCUT2D eigenvalue weighted by Crippen LogP contribution is 1.90. The zero-order valence-electron chi connectivity index (χ0n) is 5.49. The molecule has 0 rings (SSSR count). The molecule has 0 amide bonds. The van der Waals surface area contributed by atoms with Crippen molar-refractivity contribution in [1.29, 1.82) is 0 Å². The van der Waals surface area contributed by atoms with E-state index in [9.17, 15) is 14.9 Å². The van der Waals surface area contributed by atoms with Crippen LogP contribution in [0.5, 0.6) is 0 Å². The lowest BCUT2D eigenvalue weighted by molar-refractivity contribution is -0.757. The second-order valence-corrected chi connectivity index (χ2v) is 1.81. The lowest BCUT2D eigenvalue weighted by Crippen LogP contribution is -2.05. The third-order valence-electron chi connectivity index (χ3n) is 0.701. The minimum atomic E-state index is -0.925. The summed E-state index contributed by atoms with van der Waals surface area (Å²) in [5.74, 6) is 0. The van der Waals surface area contributed by atoms with Crippen molar-refractivity contribution < 1.29 is 19.5 Å². The smallest absolute Gasteiger partial charge is 0.403 e. The fraction of sp³-hybridized carbons (Fsp3) is 0.750. The molecule has 0 aromatic carbocycles. The first-order chi connectivity index (χ1) is 5.13. The van der Waals surface area contributed by atoms with Gasteiger partial charge in [-0.2, -0.15) is 0 Å². The van der Waals surface area contributed by atoms with Crippen molar-refractivity contribution in [2.45, 2.75) is 6.42 Å². The van der Waals surface area contributed by atoms with E-state index in [4.69, 9.17) is 11.6 Å². The van der Waals surface area contributed by atoms with Gasteiger partial charge in [-0.05, 0) is 0 Å². The van der Waals surface area contributed by atoms with Gasteiger partial charge >= 0.3 is 5.43 Å². The molecule has 0 aromatic heterocycles. The summed E-state index contributed by atoms with van der Waals surface area (Å²) in [5.41, 5.74) is -0.925. The molecule has 0 atom stereocenters. The van der Waals surface area contributed by atoms with E-state index in [-0.39, 0.29) is 19.6 Å². The molecule has 0 fully saturated rings. The molecular formula is C4H6ClNO5. The number of halogens is 1. The third kappa shape index (κ3) is 8.96.